The van der Waals surface area contributed by atoms with E-state index in [2.05, 4.69) is 17.2 Å². The maximum atomic E-state index is 12.4. The molecule has 1 aliphatic rings. The standard InChI is InChI=1S/C16H19ClN2O3S/c1-3-23-9-8-22-15(20)13-10(2)18-16(21)19-14(13)11-4-6-12(17)7-5-11/h4-7,13-14H,2-3,8-9H2,1H3,(H2,18,19,21)/t13-,14+/m1/s1. The van der Waals surface area contributed by atoms with Crippen molar-refractivity contribution < 1.29 is 14.3 Å². The van der Waals surface area contributed by atoms with Gasteiger partial charge in [-0.25, -0.2) is 4.79 Å². The molecular weight excluding hydrogens is 336 g/mol. The van der Waals surface area contributed by atoms with Crippen molar-refractivity contribution in [1.29, 1.82) is 0 Å². The first-order valence-corrected chi connectivity index (χ1v) is 8.82. The van der Waals surface area contributed by atoms with Gasteiger partial charge in [0.25, 0.3) is 0 Å². The Morgan fingerprint density at radius 2 is 2.09 bits per heavy atom. The molecule has 124 valence electrons. The molecule has 1 aromatic rings. The van der Waals surface area contributed by atoms with Gasteiger partial charge in [0.2, 0.25) is 0 Å². The van der Waals surface area contributed by atoms with Gasteiger partial charge >= 0.3 is 12.0 Å². The van der Waals surface area contributed by atoms with Crippen molar-refractivity contribution in [2.24, 2.45) is 5.92 Å². The normalized spacial score (nSPS) is 20.6. The van der Waals surface area contributed by atoms with Crippen molar-refractivity contribution >= 4 is 35.4 Å². The molecule has 23 heavy (non-hydrogen) atoms. The van der Waals surface area contributed by atoms with Crippen LogP contribution in [0.4, 0.5) is 4.79 Å². The lowest BCUT2D eigenvalue weighted by molar-refractivity contribution is -0.147. The summed E-state index contributed by atoms with van der Waals surface area (Å²) in [5.74, 6) is 0.630. The summed E-state index contributed by atoms with van der Waals surface area (Å²) < 4.78 is 5.33. The van der Waals surface area contributed by atoms with Crippen LogP contribution >= 0.6 is 23.4 Å². The number of carbonyl (C=O) groups is 2. The van der Waals surface area contributed by atoms with Crippen LogP contribution in [0.5, 0.6) is 0 Å². The monoisotopic (exact) mass is 354 g/mol. The Morgan fingerprint density at radius 1 is 1.39 bits per heavy atom. The summed E-state index contributed by atoms with van der Waals surface area (Å²) in [7, 11) is 0. The van der Waals surface area contributed by atoms with Gasteiger partial charge in [-0.2, -0.15) is 11.8 Å². The van der Waals surface area contributed by atoms with Gasteiger partial charge in [0.1, 0.15) is 12.5 Å². The third-order valence-corrected chi connectivity index (χ3v) is 4.54. The Morgan fingerprint density at radius 3 is 2.74 bits per heavy atom. The zero-order chi connectivity index (χ0) is 16.8. The van der Waals surface area contributed by atoms with Crippen LogP contribution in [0.15, 0.2) is 36.5 Å². The molecule has 2 N–H and O–H groups in total. The van der Waals surface area contributed by atoms with Crippen LogP contribution in [0.2, 0.25) is 5.02 Å². The molecule has 2 atom stereocenters. The number of ether oxygens (including phenoxy) is 1. The Labute approximate surface area is 144 Å². The lowest BCUT2D eigenvalue weighted by atomic mass is 9.89. The molecule has 0 bridgehead atoms. The Kier molecular flexibility index (Phi) is 6.36. The number of halogens is 1. The molecule has 5 nitrogen and oxygen atoms in total. The van der Waals surface area contributed by atoms with E-state index in [-0.39, 0.29) is 6.03 Å². The van der Waals surface area contributed by atoms with Crippen molar-refractivity contribution in [3.05, 3.63) is 47.1 Å². The molecule has 0 aliphatic carbocycles. The maximum Gasteiger partial charge on any atom is 0.319 e. The Balaban J connectivity index is 2.14. The van der Waals surface area contributed by atoms with E-state index in [1.807, 2.05) is 6.92 Å². The van der Waals surface area contributed by atoms with Crippen LogP contribution in [0, 0.1) is 5.92 Å². The number of thioether (sulfide) groups is 1. The number of carbonyl (C=O) groups excluding carboxylic acids is 2. The number of nitrogens with one attached hydrogen (secondary N) is 2. The summed E-state index contributed by atoms with van der Waals surface area (Å²) in [6, 6.07) is 6.07. The SMILES string of the molecule is C=C1NC(=O)N[C@@H](c2ccc(Cl)cc2)[C@@H]1C(=O)OCCSCC. The van der Waals surface area contributed by atoms with Gasteiger partial charge in [-0.05, 0) is 23.4 Å². The molecular formula is C16H19ClN2O3S. The molecule has 7 heteroatoms. The molecule has 0 radical (unpaired) electrons. The zero-order valence-electron chi connectivity index (χ0n) is 12.8. The predicted molar refractivity (Wildman–Crippen MR) is 92.4 cm³/mol. The number of hydrogen-bond donors (Lipinski definition) is 2. The smallest absolute Gasteiger partial charge is 0.319 e. The first-order valence-electron chi connectivity index (χ1n) is 7.29. The van der Waals surface area contributed by atoms with Crippen LogP contribution in [-0.4, -0.2) is 30.1 Å². The fourth-order valence-corrected chi connectivity index (χ4v) is 2.96. The van der Waals surface area contributed by atoms with Crippen LogP contribution in [0.1, 0.15) is 18.5 Å². The van der Waals surface area contributed by atoms with Crippen molar-refractivity contribution in [2.45, 2.75) is 13.0 Å². The van der Waals surface area contributed by atoms with E-state index >= 15 is 0 Å². The Bertz CT molecular complexity index is 591. The molecule has 1 aliphatic heterocycles. The van der Waals surface area contributed by atoms with Gasteiger partial charge in [0, 0.05) is 16.5 Å². The summed E-state index contributed by atoms with van der Waals surface area (Å²) in [4.78, 5) is 24.1. The summed E-state index contributed by atoms with van der Waals surface area (Å²) in [6.07, 6.45) is 0. The lowest BCUT2D eigenvalue weighted by Crippen LogP contribution is -2.51. The topological polar surface area (TPSA) is 67.4 Å². The van der Waals surface area contributed by atoms with E-state index in [1.54, 1.807) is 36.0 Å². The molecule has 0 unspecified atom stereocenters. The third-order valence-electron chi connectivity index (χ3n) is 3.43. The highest BCUT2D eigenvalue weighted by Crippen LogP contribution is 2.31. The molecule has 0 spiro atoms. The summed E-state index contributed by atoms with van der Waals surface area (Å²) in [5, 5.41) is 5.89. The molecule has 1 aromatic carbocycles. The predicted octanol–water partition coefficient (Wildman–Crippen LogP) is 3.12. The molecule has 2 amide bonds. The summed E-state index contributed by atoms with van der Waals surface area (Å²) in [5.41, 5.74) is 1.11. The minimum absolute atomic E-state index is 0.335. The van der Waals surface area contributed by atoms with E-state index in [1.165, 1.54) is 0 Å². The first kappa shape index (κ1) is 17.7. The summed E-state index contributed by atoms with van der Waals surface area (Å²) in [6.45, 7) is 6.18. The average Bonchev–Trinajstić information content (AvgIpc) is 2.51. The van der Waals surface area contributed by atoms with Crippen molar-refractivity contribution in [2.75, 3.05) is 18.1 Å². The van der Waals surface area contributed by atoms with Crippen molar-refractivity contribution in [1.82, 2.24) is 10.6 Å². The van der Waals surface area contributed by atoms with Crippen molar-refractivity contribution in [3.8, 4) is 0 Å². The van der Waals surface area contributed by atoms with Crippen LogP contribution in [-0.2, 0) is 9.53 Å². The number of rotatable bonds is 6. The van der Waals surface area contributed by atoms with E-state index in [0.717, 1.165) is 17.1 Å². The third kappa shape index (κ3) is 4.65. The highest BCUT2D eigenvalue weighted by molar-refractivity contribution is 7.99. The van der Waals surface area contributed by atoms with Crippen LogP contribution < -0.4 is 10.6 Å². The largest absolute Gasteiger partial charge is 0.464 e. The number of esters is 1. The van der Waals surface area contributed by atoms with E-state index < -0.39 is 17.9 Å². The molecule has 1 saturated heterocycles. The number of urea groups is 1. The minimum atomic E-state index is -0.680. The van der Waals surface area contributed by atoms with Gasteiger partial charge in [-0.3, -0.25) is 4.79 Å². The number of hydrogen-bond acceptors (Lipinski definition) is 4. The lowest BCUT2D eigenvalue weighted by Gasteiger charge is -2.33. The molecule has 2 rings (SSSR count). The molecule has 1 fully saturated rings. The number of benzene rings is 1. The summed E-state index contributed by atoms with van der Waals surface area (Å²) >= 11 is 7.59. The highest BCUT2D eigenvalue weighted by Gasteiger charge is 2.38. The van der Waals surface area contributed by atoms with Crippen molar-refractivity contribution in [3.63, 3.8) is 0 Å². The first-order chi connectivity index (χ1) is 11.0. The fraction of sp³-hybridized carbons (Fsp3) is 0.375. The zero-order valence-corrected chi connectivity index (χ0v) is 14.4. The van der Waals surface area contributed by atoms with Gasteiger partial charge in [0.15, 0.2) is 0 Å². The van der Waals surface area contributed by atoms with Crippen LogP contribution in [0.25, 0.3) is 0 Å². The van der Waals surface area contributed by atoms with Gasteiger partial charge < -0.3 is 15.4 Å². The minimum Gasteiger partial charge on any atom is -0.464 e. The van der Waals surface area contributed by atoms with Gasteiger partial charge in [-0.15, -0.1) is 0 Å². The second-order valence-corrected chi connectivity index (χ2v) is 6.83. The van der Waals surface area contributed by atoms with Gasteiger partial charge in [0.05, 0.1) is 6.04 Å². The van der Waals surface area contributed by atoms with Crippen LogP contribution in [0.3, 0.4) is 0 Å². The molecule has 1 heterocycles. The quantitative estimate of drug-likeness (QED) is 0.608. The second-order valence-electron chi connectivity index (χ2n) is 5.00. The fourth-order valence-electron chi connectivity index (χ4n) is 2.34. The highest BCUT2D eigenvalue weighted by atomic mass is 35.5. The number of amides is 2. The van der Waals surface area contributed by atoms with Gasteiger partial charge in [-0.1, -0.05) is 37.2 Å². The molecule has 0 saturated carbocycles. The van der Waals surface area contributed by atoms with E-state index in [4.69, 9.17) is 16.3 Å². The van der Waals surface area contributed by atoms with E-state index in [9.17, 15) is 9.59 Å². The molecule has 0 aromatic heterocycles. The Hall–Kier alpha value is -1.66. The maximum absolute atomic E-state index is 12.4. The average molecular weight is 355 g/mol. The van der Waals surface area contributed by atoms with E-state index in [0.29, 0.717) is 17.3 Å². The second kappa shape index (κ2) is 8.26.